The highest BCUT2D eigenvalue weighted by Crippen LogP contribution is 2.02. The van der Waals surface area contributed by atoms with Gasteiger partial charge < -0.3 is 10.6 Å². The van der Waals surface area contributed by atoms with Gasteiger partial charge in [-0.25, -0.2) is 0 Å². The molecule has 0 aliphatic rings. The fourth-order valence-electron chi connectivity index (χ4n) is 1.98. The number of thiocarbonyl (C=S) groups is 1. The van der Waals surface area contributed by atoms with Gasteiger partial charge in [0.15, 0.2) is 5.11 Å². The van der Waals surface area contributed by atoms with Crippen LogP contribution in [0.5, 0.6) is 0 Å². The Hall–Kier alpha value is -1.88. The first-order valence-electron chi connectivity index (χ1n) is 7.20. The van der Waals surface area contributed by atoms with Gasteiger partial charge in [0.05, 0.1) is 6.20 Å². The van der Waals surface area contributed by atoms with E-state index in [0.717, 1.165) is 26.1 Å². The third-order valence-electron chi connectivity index (χ3n) is 3.19. The summed E-state index contributed by atoms with van der Waals surface area (Å²) < 4.78 is 1.96. The van der Waals surface area contributed by atoms with Crippen molar-refractivity contribution in [3.8, 4) is 0 Å². The molecule has 0 saturated heterocycles. The van der Waals surface area contributed by atoms with E-state index < -0.39 is 0 Å². The first-order valence-corrected chi connectivity index (χ1v) is 7.60. The number of aryl methyl sites for hydroxylation is 3. The summed E-state index contributed by atoms with van der Waals surface area (Å²) in [5.41, 5.74) is 3.70. The van der Waals surface area contributed by atoms with E-state index in [9.17, 15) is 0 Å². The molecule has 0 atom stereocenters. The largest absolute Gasteiger partial charge is 0.363 e. The Kier molecular flexibility index (Phi) is 5.75. The molecule has 112 valence electrons. The van der Waals surface area contributed by atoms with E-state index in [0.29, 0.717) is 5.11 Å². The van der Waals surface area contributed by atoms with Crippen LogP contribution in [-0.4, -0.2) is 21.4 Å². The van der Waals surface area contributed by atoms with E-state index in [1.54, 1.807) is 0 Å². The third kappa shape index (κ3) is 5.55. The fraction of sp³-hybridized carbons (Fsp3) is 0.375. The van der Waals surface area contributed by atoms with Gasteiger partial charge in [-0.2, -0.15) is 5.10 Å². The molecule has 0 unspecified atom stereocenters. The lowest BCUT2D eigenvalue weighted by Gasteiger charge is -2.10. The number of hydrogen-bond acceptors (Lipinski definition) is 2. The molecule has 0 fully saturated rings. The number of benzene rings is 1. The van der Waals surface area contributed by atoms with E-state index in [2.05, 4.69) is 46.9 Å². The Labute approximate surface area is 131 Å². The molecular weight excluding hydrogens is 280 g/mol. The summed E-state index contributed by atoms with van der Waals surface area (Å²) in [5.74, 6) is 0. The van der Waals surface area contributed by atoms with Gasteiger partial charge in [-0.3, -0.25) is 4.68 Å². The zero-order valence-electron chi connectivity index (χ0n) is 12.6. The molecule has 2 rings (SSSR count). The van der Waals surface area contributed by atoms with E-state index >= 15 is 0 Å². The summed E-state index contributed by atoms with van der Waals surface area (Å²) >= 11 is 5.27. The van der Waals surface area contributed by atoms with Crippen LogP contribution in [0.3, 0.4) is 0 Å². The molecule has 5 heteroatoms. The van der Waals surface area contributed by atoms with Crippen molar-refractivity contribution < 1.29 is 0 Å². The fourth-order valence-corrected chi connectivity index (χ4v) is 2.16. The molecule has 0 saturated carbocycles. The van der Waals surface area contributed by atoms with Crippen LogP contribution in [0.1, 0.15) is 23.1 Å². The van der Waals surface area contributed by atoms with Gasteiger partial charge in [0.25, 0.3) is 0 Å². The lowest BCUT2D eigenvalue weighted by atomic mass is 10.1. The highest BCUT2D eigenvalue weighted by molar-refractivity contribution is 7.80. The first-order chi connectivity index (χ1) is 10.1. The molecule has 0 aliphatic heterocycles. The molecule has 21 heavy (non-hydrogen) atoms. The van der Waals surface area contributed by atoms with Gasteiger partial charge in [0.2, 0.25) is 0 Å². The molecule has 1 aromatic heterocycles. The van der Waals surface area contributed by atoms with Crippen LogP contribution >= 0.6 is 12.2 Å². The molecule has 2 N–H and O–H groups in total. The van der Waals surface area contributed by atoms with Crippen LogP contribution < -0.4 is 10.6 Å². The van der Waals surface area contributed by atoms with Crippen molar-refractivity contribution >= 4 is 17.3 Å². The number of rotatable bonds is 6. The van der Waals surface area contributed by atoms with E-state index in [-0.39, 0.29) is 0 Å². The minimum absolute atomic E-state index is 0.701. The minimum atomic E-state index is 0.701. The highest BCUT2D eigenvalue weighted by atomic mass is 32.1. The van der Waals surface area contributed by atoms with Gasteiger partial charge in [-0.15, -0.1) is 0 Å². The summed E-state index contributed by atoms with van der Waals surface area (Å²) in [6.07, 6.45) is 4.92. The summed E-state index contributed by atoms with van der Waals surface area (Å²) in [5, 5.41) is 11.4. The lowest BCUT2D eigenvalue weighted by molar-refractivity contribution is 0.571. The lowest BCUT2D eigenvalue weighted by Crippen LogP contribution is -2.35. The Morgan fingerprint density at radius 3 is 2.57 bits per heavy atom. The van der Waals surface area contributed by atoms with Crippen LogP contribution in [0.25, 0.3) is 0 Å². The van der Waals surface area contributed by atoms with Crippen molar-refractivity contribution in [3.05, 3.63) is 53.3 Å². The monoisotopic (exact) mass is 302 g/mol. The Balaban J connectivity index is 1.60. The number of aromatic nitrogens is 2. The molecule has 0 spiro atoms. The van der Waals surface area contributed by atoms with Crippen LogP contribution in [0.4, 0.5) is 0 Å². The minimum Gasteiger partial charge on any atom is -0.363 e. The quantitative estimate of drug-likeness (QED) is 0.636. The maximum Gasteiger partial charge on any atom is 0.166 e. The zero-order chi connectivity index (χ0) is 15.1. The average molecular weight is 302 g/mol. The van der Waals surface area contributed by atoms with Gasteiger partial charge in [-0.1, -0.05) is 29.8 Å². The second-order valence-electron chi connectivity index (χ2n) is 5.23. The number of nitrogens with one attached hydrogen (secondary N) is 2. The maximum absolute atomic E-state index is 5.27. The van der Waals surface area contributed by atoms with E-state index in [4.69, 9.17) is 12.2 Å². The van der Waals surface area contributed by atoms with Gasteiger partial charge in [-0.05, 0) is 43.6 Å². The van der Waals surface area contributed by atoms with Crippen LogP contribution in [0.15, 0.2) is 36.7 Å². The summed E-state index contributed by atoms with van der Waals surface area (Å²) in [4.78, 5) is 0. The van der Waals surface area contributed by atoms with Gasteiger partial charge in [0, 0.05) is 25.8 Å². The summed E-state index contributed by atoms with van der Waals surface area (Å²) in [6, 6.07) is 8.45. The van der Waals surface area contributed by atoms with E-state index in [1.807, 2.05) is 24.0 Å². The molecule has 1 aromatic carbocycles. The number of nitrogens with zero attached hydrogens (tertiary/aromatic N) is 2. The number of hydrogen-bond donors (Lipinski definition) is 2. The molecule has 0 radical (unpaired) electrons. The van der Waals surface area contributed by atoms with Crippen molar-refractivity contribution in [2.45, 2.75) is 33.4 Å². The molecule has 0 aliphatic carbocycles. The normalized spacial score (nSPS) is 10.4. The van der Waals surface area contributed by atoms with Crippen molar-refractivity contribution in [2.75, 3.05) is 6.54 Å². The molecule has 1 heterocycles. The van der Waals surface area contributed by atoms with Crippen molar-refractivity contribution in [2.24, 2.45) is 0 Å². The second-order valence-corrected chi connectivity index (χ2v) is 5.64. The Bertz CT molecular complexity index is 574. The first kappa shape index (κ1) is 15.5. The maximum atomic E-state index is 5.27. The predicted octanol–water partition coefficient (Wildman–Crippen LogP) is 2.55. The summed E-state index contributed by atoms with van der Waals surface area (Å²) in [6.45, 7) is 6.64. The summed E-state index contributed by atoms with van der Waals surface area (Å²) in [7, 11) is 0. The highest BCUT2D eigenvalue weighted by Gasteiger charge is 1.98. The molecule has 0 bridgehead atoms. The van der Waals surface area contributed by atoms with Crippen LogP contribution in [-0.2, 0) is 13.1 Å². The Morgan fingerprint density at radius 1 is 1.14 bits per heavy atom. The van der Waals surface area contributed by atoms with Gasteiger partial charge in [0.1, 0.15) is 0 Å². The molecule has 0 amide bonds. The molecule has 4 nitrogen and oxygen atoms in total. The topological polar surface area (TPSA) is 41.9 Å². The van der Waals surface area contributed by atoms with Gasteiger partial charge >= 0.3 is 0 Å². The van der Waals surface area contributed by atoms with Crippen molar-refractivity contribution in [1.29, 1.82) is 0 Å². The van der Waals surface area contributed by atoms with Crippen LogP contribution in [0.2, 0.25) is 0 Å². The average Bonchev–Trinajstić information content (AvgIpc) is 2.89. The van der Waals surface area contributed by atoms with E-state index in [1.165, 1.54) is 16.7 Å². The smallest absolute Gasteiger partial charge is 0.166 e. The Morgan fingerprint density at radius 2 is 1.90 bits per heavy atom. The van der Waals surface area contributed by atoms with Crippen LogP contribution in [0, 0.1) is 13.8 Å². The molecule has 2 aromatic rings. The third-order valence-corrected chi connectivity index (χ3v) is 3.47. The zero-order valence-corrected chi connectivity index (χ0v) is 13.4. The second kappa shape index (κ2) is 7.78. The van der Waals surface area contributed by atoms with Crippen molar-refractivity contribution in [3.63, 3.8) is 0 Å². The predicted molar refractivity (Wildman–Crippen MR) is 90.2 cm³/mol. The van der Waals surface area contributed by atoms with Crippen molar-refractivity contribution in [1.82, 2.24) is 20.4 Å². The SMILES string of the molecule is Cc1ccc(CNC(=S)NCCCn2cc(C)cn2)cc1. The molecular formula is C16H22N4S. The standard InChI is InChI=1S/C16H22N4S/c1-13-4-6-15(7-5-13)11-18-16(21)17-8-3-9-20-12-14(2)10-19-20/h4-7,10,12H,3,8-9,11H2,1-2H3,(H2,17,18,21).